The number of methoxy groups -OCH3 is 1. The highest BCUT2D eigenvalue weighted by molar-refractivity contribution is 6.67. The molecule has 0 N–H and O–H groups in total. The first kappa shape index (κ1) is 18.1. The van der Waals surface area contributed by atoms with E-state index >= 15 is 0 Å². The summed E-state index contributed by atoms with van der Waals surface area (Å²) in [6, 6.07) is 6.89. The van der Waals surface area contributed by atoms with Gasteiger partial charge in [-0.25, -0.2) is 15.0 Å². The van der Waals surface area contributed by atoms with E-state index in [9.17, 15) is 0 Å². The minimum Gasteiger partial charge on any atom is -0.497 e. The van der Waals surface area contributed by atoms with E-state index in [0.717, 1.165) is 0 Å². The van der Waals surface area contributed by atoms with Gasteiger partial charge in [0.1, 0.15) is 5.75 Å². The smallest absolute Gasteiger partial charge is 0.250 e. The first-order valence-electron chi connectivity index (χ1n) is 5.66. The summed E-state index contributed by atoms with van der Waals surface area (Å²) in [6.45, 7) is 0. The molecule has 0 radical (unpaired) electrons. The summed E-state index contributed by atoms with van der Waals surface area (Å²) < 4.78 is 1.32. The Bertz CT molecular complexity index is 634. The largest absolute Gasteiger partial charge is 0.497 e. The predicted octanol–water partition coefficient (Wildman–Crippen LogP) is 5.20. The van der Waals surface area contributed by atoms with Gasteiger partial charge in [-0.3, -0.25) is 0 Å². The lowest BCUT2D eigenvalue weighted by molar-refractivity contribution is 0.415. The van der Waals surface area contributed by atoms with Gasteiger partial charge in [0.2, 0.25) is 7.59 Å². The molecule has 118 valence electrons. The van der Waals surface area contributed by atoms with Gasteiger partial charge in [-0.05, 0) is 24.3 Å². The third kappa shape index (κ3) is 4.40. The van der Waals surface area contributed by atoms with Gasteiger partial charge in [-0.2, -0.15) is 0 Å². The fourth-order valence-electron chi connectivity index (χ4n) is 1.50. The van der Waals surface area contributed by atoms with E-state index in [-0.39, 0.29) is 17.5 Å². The maximum Gasteiger partial charge on any atom is 0.250 e. The quantitative estimate of drug-likeness (QED) is 0.625. The van der Waals surface area contributed by atoms with Crippen LogP contribution in [0.25, 0.3) is 11.4 Å². The van der Waals surface area contributed by atoms with E-state index in [1.54, 1.807) is 31.4 Å². The Hall–Kier alpha value is -0.230. The lowest BCUT2D eigenvalue weighted by Gasteiger charge is -2.15. The van der Waals surface area contributed by atoms with E-state index in [0.29, 0.717) is 11.3 Å². The second kappa shape index (κ2) is 6.71. The van der Waals surface area contributed by atoms with Gasteiger partial charge in [0.05, 0.1) is 7.11 Å². The van der Waals surface area contributed by atoms with Gasteiger partial charge >= 0.3 is 0 Å². The summed E-state index contributed by atoms with van der Waals surface area (Å²) in [6.07, 6.45) is 0. The zero-order valence-corrected chi connectivity index (χ0v) is 15.4. The third-order valence-electron chi connectivity index (χ3n) is 2.49. The summed E-state index contributed by atoms with van der Waals surface area (Å²) >= 11 is 34.9. The minimum atomic E-state index is -1.88. The average molecular weight is 422 g/mol. The number of rotatable bonds is 2. The van der Waals surface area contributed by atoms with Crippen LogP contribution in [0.15, 0.2) is 24.3 Å². The van der Waals surface area contributed by atoms with Crippen LogP contribution >= 0.6 is 69.6 Å². The molecule has 22 heavy (non-hydrogen) atoms. The molecule has 4 nitrogen and oxygen atoms in total. The maximum absolute atomic E-state index is 5.82. The van der Waals surface area contributed by atoms with Crippen molar-refractivity contribution in [3.63, 3.8) is 0 Å². The fourth-order valence-corrected chi connectivity index (χ4v) is 2.01. The monoisotopic (exact) mass is 419 g/mol. The normalized spacial score (nSPS) is 12.3. The Balaban J connectivity index is 2.59. The van der Waals surface area contributed by atoms with Crippen molar-refractivity contribution in [2.45, 2.75) is 7.59 Å². The number of aromatic nitrogens is 3. The SMILES string of the molecule is COc1ccc(-c2nc(C(Cl)(Cl)Cl)nc(C(Cl)(Cl)Cl)n2)cc1. The Morgan fingerprint density at radius 2 is 1.23 bits per heavy atom. The molecule has 2 rings (SSSR count). The van der Waals surface area contributed by atoms with Crippen molar-refractivity contribution in [3.05, 3.63) is 35.9 Å². The van der Waals surface area contributed by atoms with Crippen LogP contribution in [-0.4, -0.2) is 22.1 Å². The molecule has 1 aromatic heterocycles. The molecule has 0 saturated carbocycles. The summed E-state index contributed by atoms with van der Waals surface area (Å²) in [4.78, 5) is 12.1. The molecule has 0 amide bonds. The molecule has 0 aliphatic rings. The van der Waals surface area contributed by atoms with Crippen LogP contribution < -0.4 is 4.74 Å². The Kier molecular flexibility index (Phi) is 5.53. The van der Waals surface area contributed by atoms with Crippen molar-refractivity contribution < 1.29 is 4.74 Å². The van der Waals surface area contributed by atoms with Crippen molar-refractivity contribution >= 4 is 69.6 Å². The number of ether oxygens (including phenoxy) is 1. The minimum absolute atomic E-state index is 0.139. The van der Waals surface area contributed by atoms with Gasteiger partial charge in [0, 0.05) is 5.56 Å². The van der Waals surface area contributed by atoms with Gasteiger partial charge in [0.25, 0.3) is 0 Å². The lowest BCUT2D eigenvalue weighted by atomic mass is 10.2. The molecule has 10 heteroatoms. The first-order valence-corrected chi connectivity index (χ1v) is 7.93. The molecule has 1 heterocycles. The second-order valence-electron chi connectivity index (χ2n) is 4.03. The summed E-state index contributed by atoms with van der Waals surface area (Å²) in [5.41, 5.74) is 0.620. The zero-order chi connectivity index (χ0) is 16.5. The molecular formula is C12H7Cl6N3O. The van der Waals surface area contributed by atoms with E-state index < -0.39 is 7.59 Å². The molecule has 1 aromatic carbocycles. The van der Waals surface area contributed by atoms with Gasteiger partial charge in [0.15, 0.2) is 17.5 Å². The van der Waals surface area contributed by atoms with Gasteiger partial charge < -0.3 is 4.74 Å². The van der Waals surface area contributed by atoms with E-state index in [4.69, 9.17) is 74.3 Å². The van der Waals surface area contributed by atoms with Crippen LogP contribution in [0.5, 0.6) is 5.75 Å². The zero-order valence-electron chi connectivity index (χ0n) is 10.8. The molecule has 2 aromatic rings. The van der Waals surface area contributed by atoms with Crippen molar-refractivity contribution in [1.29, 1.82) is 0 Å². The predicted molar refractivity (Wildman–Crippen MR) is 90.3 cm³/mol. The number of halogens is 6. The average Bonchev–Trinajstić information content (AvgIpc) is 2.45. The molecule has 0 bridgehead atoms. The highest BCUT2D eigenvalue weighted by Crippen LogP contribution is 2.40. The summed E-state index contributed by atoms with van der Waals surface area (Å²) in [7, 11) is 1.56. The van der Waals surface area contributed by atoms with Crippen LogP contribution in [0.4, 0.5) is 0 Å². The van der Waals surface area contributed by atoms with E-state index in [2.05, 4.69) is 15.0 Å². The molecule has 0 atom stereocenters. The highest BCUT2D eigenvalue weighted by atomic mass is 35.6. The number of alkyl halides is 6. The number of nitrogens with zero attached hydrogens (tertiary/aromatic N) is 3. The van der Waals surface area contributed by atoms with Gasteiger partial charge in [-0.15, -0.1) is 0 Å². The Labute approximate surface area is 156 Å². The van der Waals surface area contributed by atoms with E-state index in [1.165, 1.54) is 0 Å². The summed E-state index contributed by atoms with van der Waals surface area (Å²) in [5, 5.41) is 0. The Morgan fingerprint density at radius 3 is 1.59 bits per heavy atom. The van der Waals surface area contributed by atoms with E-state index in [1.807, 2.05) is 0 Å². The highest BCUT2D eigenvalue weighted by Gasteiger charge is 2.33. The topological polar surface area (TPSA) is 47.9 Å². The third-order valence-corrected chi connectivity index (χ3v) is 3.50. The molecule has 0 aliphatic heterocycles. The fraction of sp³-hybridized carbons (Fsp3) is 0.250. The van der Waals surface area contributed by atoms with Crippen molar-refractivity contribution in [1.82, 2.24) is 15.0 Å². The Morgan fingerprint density at radius 1 is 0.773 bits per heavy atom. The van der Waals surface area contributed by atoms with Crippen molar-refractivity contribution in [2.75, 3.05) is 7.11 Å². The maximum atomic E-state index is 5.82. The lowest BCUT2D eigenvalue weighted by Crippen LogP contribution is -2.16. The second-order valence-corrected chi connectivity index (χ2v) is 8.59. The molecule has 0 spiro atoms. The molecular weight excluding hydrogens is 415 g/mol. The summed E-state index contributed by atoms with van der Waals surface area (Å²) in [5.74, 6) is 0.598. The molecule has 0 saturated heterocycles. The molecule has 0 aliphatic carbocycles. The molecule has 0 unspecified atom stereocenters. The number of hydrogen-bond acceptors (Lipinski definition) is 4. The number of hydrogen-bond donors (Lipinski definition) is 0. The van der Waals surface area contributed by atoms with Crippen LogP contribution in [0, 0.1) is 0 Å². The first-order chi connectivity index (χ1) is 10.1. The van der Waals surface area contributed by atoms with Crippen molar-refractivity contribution in [3.8, 4) is 17.1 Å². The van der Waals surface area contributed by atoms with Crippen LogP contribution in [0.2, 0.25) is 0 Å². The standard InChI is InChI=1S/C12H7Cl6N3O/c1-22-7-4-2-6(3-5-7)8-19-9(11(13,14)15)21-10(20-8)12(16,17)18/h2-5H,1H3. The van der Waals surface area contributed by atoms with Gasteiger partial charge in [-0.1, -0.05) is 69.6 Å². The van der Waals surface area contributed by atoms with Crippen molar-refractivity contribution in [2.24, 2.45) is 0 Å². The molecule has 0 fully saturated rings. The van der Waals surface area contributed by atoms with Crippen LogP contribution in [0.1, 0.15) is 11.6 Å². The van der Waals surface area contributed by atoms with Crippen LogP contribution in [-0.2, 0) is 7.59 Å². The van der Waals surface area contributed by atoms with Crippen LogP contribution in [0.3, 0.4) is 0 Å². The number of benzene rings is 1.